The van der Waals surface area contributed by atoms with E-state index in [1.54, 1.807) is 0 Å². The van der Waals surface area contributed by atoms with E-state index in [0.717, 1.165) is 40.3 Å². The predicted molar refractivity (Wildman–Crippen MR) is 71.6 cm³/mol. The van der Waals surface area contributed by atoms with Crippen LogP contribution in [0.2, 0.25) is 0 Å². The zero-order valence-corrected chi connectivity index (χ0v) is 10.6. The number of nitrogens with one attached hydrogen (secondary N) is 1. The van der Waals surface area contributed by atoms with Crippen LogP contribution in [-0.4, -0.2) is 24.7 Å². The molecule has 1 N–H and O–H groups in total. The summed E-state index contributed by atoms with van der Waals surface area (Å²) in [5, 5.41) is 4.44. The molecular formula is C14H16N2O2. The topological polar surface area (TPSA) is 43.4 Å². The molecule has 0 fully saturated rings. The maximum absolute atomic E-state index is 5.61. The molecule has 4 heteroatoms. The van der Waals surface area contributed by atoms with Crippen molar-refractivity contribution in [2.24, 2.45) is 0 Å². The Labute approximate surface area is 106 Å². The molecule has 1 aromatic heterocycles. The Morgan fingerprint density at radius 1 is 1.17 bits per heavy atom. The van der Waals surface area contributed by atoms with E-state index in [0.29, 0.717) is 13.2 Å². The van der Waals surface area contributed by atoms with Gasteiger partial charge in [0.25, 0.3) is 0 Å². The third-order valence-electron chi connectivity index (χ3n) is 2.97. The molecule has 4 nitrogen and oxygen atoms in total. The molecule has 3 rings (SSSR count). The van der Waals surface area contributed by atoms with Gasteiger partial charge in [-0.25, -0.2) is 0 Å². The Bertz CT molecular complexity index is 596. The van der Waals surface area contributed by atoms with Crippen LogP contribution in [0, 0.1) is 6.92 Å². The Hall–Kier alpha value is -1.97. The standard InChI is InChI=1S/C14H16N2O2/c1-3-15-11-6-9(2)16-12-8-14-13(7-10(11)12)17-4-5-18-14/h6-8H,3-5H2,1-2H3,(H,15,16). The average molecular weight is 244 g/mol. The van der Waals surface area contributed by atoms with Gasteiger partial charge in [-0.2, -0.15) is 0 Å². The van der Waals surface area contributed by atoms with Crippen LogP contribution in [0.4, 0.5) is 5.69 Å². The normalized spacial score (nSPS) is 13.7. The number of pyridine rings is 1. The summed E-state index contributed by atoms with van der Waals surface area (Å²) in [6.45, 7) is 6.17. The molecule has 0 unspecified atom stereocenters. The molecule has 0 saturated carbocycles. The first kappa shape index (κ1) is 11.1. The van der Waals surface area contributed by atoms with Gasteiger partial charge < -0.3 is 14.8 Å². The van der Waals surface area contributed by atoms with Gasteiger partial charge in [0.15, 0.2) is 11.5 Å². The van der Waals surface area contributed by atoms with Gasteiger partial charge in [-0.3, -0.25) is 4.98 Å². The molecule has 0 atom stereocenters. The number of rotatable bonds is 2. The molecule has 18 heavy (non-hydrogen) atoms. The summed E-state index contributed by atoms with van der Waals surface area (Å²) >= 11 is 0. The van der Waals surface area contributed by atoms with Crippen LogP contribution in [0.25, 0.3) is 10.9 Å². The van der Waals surface area contributed by atoms with Gasteiger partial charge in [0.1, 0.15) is 13.2 Å². The Kier molecular flexibility index (Phi) is 2.70. The molecule has 0 amide bonds. The number of benzene rings is 1. The van der Waals surface area contributed by atoms with Gasteiger partial charge in [-0.15, -0.1) is 0 Å². The molecule has 0 saturated heterocycles. The highest BCUT2D eigenvalue weighted by molar-refractivity contribution is 5.94. The summed E-state index contributed by atoms with van der Waals surface area (Å²) < 4.78 is 11.2. The largest absolute Gasteiger partial charge is 0.486 e. The zero-order valence-electron chi connectivity index (χ0n) is 10.6. The molecule has 2 aromatic rings. The van der Waals surface area contributed by atoms with Gasteiger partial charge in [0.05, 0.1) is 5.52 Å². The van der Waals surface area contributed by atoms with Gasteiger partial charge in [-0.05, 0) is 26.0 Å². The van der Waals surface area contributed by atoms with E-state index in [1.807, 2.05) is 19.1 Å². The maximum atomic E-state index is 5.61. The van der Waals surface area contributed by atoms with Crippen LogP contribution >= 0.6 is 0 Å². The molecule has 0 bridgehead atoms. The van der Waals surface area contributed by atoms with Crippen LogP contribution in [0.1, 0.15) is 12.6 Å². The number of ether oxygens (including phenoxy) is 2. The second-order valence-electron chi connectivity index (χ2n) is 4.35. The smallest absolute Gasteiger partial charge is 0.163 e. The lowest BCUT2D eigenvalue weighted by Gasteiger charge is -2.19. The summed E-state index contributed by atoms with van der Waals surface area (Å²) in [5.41, 5.74) is 3.03. The predicted octanol–water partition coefficient (Wildman–Crippen LogP) is 2.75. The van der Waals surface area contributed by atoms with Crippen molar-refractivity contribution < 1.29 is 9.47 Å². The molecule has 0 spiro atoms. The summed E-state index contributed by atoms with van der Waals surface area (Å²) in [6.07, 6.45) is 0. The first-order valence-corrected chi connectivity index (χ1v) is 6.23. The number of anilines is 1. The summed E-state index contributed by atoms with van der Waals surface area (Å²) in [5.74, 6) is 1.59. The lowest BCUT2D eigenvalue weighted by Crippen LogP contribution is -2.15. The number of aryl methyl sites for hydroxylation is 1. The molecular weight excluding hydrogens is 228 g/mol. The van der Waals surface area contributed by atoms with Crippen LogP contribution in [-0.2, 0) is 0 Å². The highest BCUT2D eigenvalue weighted by atomic mass is 16.6. The SMILES string of the molecule is CCNc1cc(C)nc2cc3c(cc12)OCCO3. The highest BCUT2D eigenvalue weighted by Crippen LogP contribution is 2.36. The van der Waals surface area contributed by atoms with E-state index in [4.69, 9.17) is 9.47 Å². The minimum atomic E-state index is 0.602. The fourth-order valence-corrected chi connectivity index (χ4v) is 2.23. The fraction of sp³-hybridized carbons (Fsp3) is 0.357. The van der Waals surface area contributed by atoms with Gasteiger partial charge in [0, 0.05) is 29.4 Å². The second kappa shape index (κ2) is 4.37. The third kappa shape index (κ3) is 1.83. The van der Waals surface area contributed by atoms with Crippen LogP contribution in [0.3, 0.4) is 0 Å². The van der Waals surface area contributed by atoms with E-state index in [1.165, 1.54) is 0 Å². The lowest BCUT2D eigenvalue weighted by molar-refractivity contribution is 0.172. The Morgan fingerprint density at radius 3 is 2.61 bits per heavy atom. The van der Waals surface area contributed by atoms with Gasteiger partial charge in [-0.1, -0.05) is 0 Å². The Balaban J connectivity index is 2.22. The van der Waals surface area contributed by atoms with Crippen molar-refractivity contribution in [3.63, 3.8) is 0 Å². The summed E-state index contributed by atoms with van der Waals surface area (Å²) in [4.78, 5) is 4.55. The minimum Gasteiger partial charge on any atom is -0.486 e. The summed E-state index contributed by atoms with van der Waals surface area (Å²) in [7, 11) is 0. The van der Waals surface area contributed by atoms with Gasteiger partial charge >= 0.3 is 0 Å². The molecule has 1 aromatic carbocycles. The summed E-state index contributed by atoms with van der Waals surface area (Å²) in [6, 6.07) is 6.02. The van der Waals surface area contributed by atoms with Crippen molar-refractivity contribution in [2.75, 3.05) is 25.1 Å². The monoisotopic (exact) mass is 244 g/mol. The molecule has 0 radical (unpaired) electrons. The van der Waals surface area contributed by atoms with Crippen molar-refractivity contribution in [1.29, 1.82) is 0 Å². The third-order valence-corrected chi connectivity index (χ3v) is 2.97. The number of hydrogen-bond donors (Lipinski definition) is 1. The van der Waals surface area contributed by atoms with E-state index in [9.17, 15) is 0 Å². The fourth-order valence-electron chi connectivity index (χ4n) is 2.23. The molecule has 1 aliphatic heterocycles. The lowest BCUT2D eigenvalue weighted by atomic mass is 10.1. The molecule has 1 aliphatic rings. The molecule has 94 valence electrons. The number of nitrogens with zero attached hydrogens (tertiary/aromatic N) is 1. The van der Waals surface area contributed by atoms with Crippen molar-refractivity contribution in [3.05, 3.63) is 23.9 Å². The average Bonchev–Trinajstić information content (AvgIpc) is 2.37. The minimum absolute atomic E-state index is 0.602. The van der Waals surface area contributed by atoms with E-state index < -0.39 is 0 Å². The van der Waals surface area contributed by atoms with Crippen molar-refractivity contribution in [3.8, 4) is 11.5 Å². The maximum Gasteiger partial charge on any atom is 0.163 e. The van der Waals surface area contributed by atoms with Crippen LogP contribution in [0.5, 0.6) is 11.5 Å². The second-order valence-corrected chi connectivity index (χ2v) is 4.35. The van der Waals surface area contributed by atoms with E-state index in [-0.39, 0.29) is 0 Å². The highest BCUT2D eigenvalue weighted by Gasteiger charge is 2.15. The van der Waals surface area contributed by atoms with Crippen molar-refractivity contribution in [1.82, 2.24) is 4.98 Å². The molecule has 2 heterocycles. The van der Waals surface area contributed by atoms with E-state index >= 15 is 0 Å². The van der Waals surface area contributed by atoms with Crippen molar-refractivity contribution >= 4 is 16.6 Å². The van der Waals surface area contributed by atoms with Gasteiger partial charge in [0.2, 0.25) is 0 Å². The first-order chi connectivity index (χ1) is 8.78. The number of aromatic nitrogens is 1. The van der Waals surface area contributed by atoms with E-state index in [2.05, 4.69) is 23.3 Å². The first-order valence-electron chi connectivity index (χ1n) is 6.23. The van der Waals surface area contributed by atoms with Crippen molar-refractivity contribution in [2.45, 2.75) is 13.8 Å². The quantitative estimate of drug-likeness (QED) is 0.882. The molecule has 0 aliphatic carbocycles. The van der Waals surface area contributed by atoms with Crippen LogP contribution < -0.4 is 14.8 Å². The van der Waals surface area contributed by atoms with Crippen LogP contribution in [0.15, 0.2) is 18.2 Å². The Morgan fingerprint density at radius 2 is 1.89 bits per heavy atom. The number of fused-ring (bicyclic) bond motifs is 2. The zero-order chi connectivity index (χ0) is 12.5. The number of hydrogen-bond acceptors (Lipinski definition) is 4.